The molecule has 0 spiro atoms. The summed E-state index contributed by atoms with van der Waals surface area (Å²) in [6, 6.07) is 1.17. The highest BCUT2D eigenvalue weighted by atomic mass is 16.4. The van der Waals surface area contributed by atoms with E-state index in [4.69, 9.17) is 11.5 Å². The number of carbonyl (C=O) groups excluding carboxylic acids is 4. The molecule has 2 heterocycles. The number of carboxylic acids is 1. The standard InChI is InChI=1S/C26H33N9O7/c27-18(7-14-1-3-17(36)4-2-14)23(38)34-20(8-15-10-29-12-31-15)25(40)35-21(9-16-11-30-13-32-16)24(39)33-19(26(41)42)5-6-22(28)37/h1-4,10-13,18-21,36H,5-9,27H2,(H2,28,37)(H,29,31)(H,30,32)(H,33,39)(H,34,38)(H,35,40)(H,41,42). The van der Waals surface area contributed by atoms with Gasteiger partial charge in [0.2, 0.25) is 23.6 Å². The highest BCUT2D eigenvalue weighted by Crippen LogP contribution is 2.11. The molecule has 224 valence electrons. The Kier molecular flexibility index (Phi) is 11.1. The second-order valence-corrected chi connectivity index (χ2v) is 9.57. The predicted molar refractivity (Wildman–Crippen MR) is 146 cm³/mol. The fourth-order valence-corrected chi connectivity index (χ4v) is 4.00. The van der Waals surface area contributed by atoms with Gasteiger partial charge in [0.05, 0.1) is 18.7 Å². The van der Waals surface area contributed by atoms with Crippen LogP contribution in [0.5, 0.6) is 5.75 Å². The number of carboxylic acid groups (broad SMARTS) is 1. The van der Waals surface area contributed by atoms with Crippen molar-refractivity contribution < 1.29 is 34.2 Å². The number of aromatic amines is 2. The van der Waals surface area contributed by atoms with Crippen LogP contribution < -0.4 is 27.4 Å². The minimum atomic E-state index is -1.44. The van der Waals surface area contributed by atoms with Crippen molar-refractivity contribution in [2.45, 2.75) is 56.3 Å². The summed E-state index contributed by atoms with van der Waals surface area (Å²) in [5, 5.41) is 26.5. The molecular formula is C26H33N9O7. The zero-order chi connectivity index (χ0) is 30.6. The van der Waals surface area contributed by atoms with Crippen LogP contribution in [-0.4, -0.2) is 83.9 Å². The first kappa shape index (κ1) is 31.3. The molecule has 0 bridgehead atoms. The summed E-state index contributed by atoms with van der Waals surface area (Å²) < 4.78 is 0. The van der Waals surface area contributed by atoms with E-state index < -0.39 is 53.8 Å². The Hall–Kier alpha value is -5.25. The molecule has 1 aromatic carbocycles. The molecule has 0 saturated carbocycles. The van der Waals surface area contributed by atoms with Gasteiger partial charge in [-0.05, 0) is 30.5 Å². The topological polar surface area (TPSA) is 271 Å². The summed E-state index contributed by atoms with van der Waals surface area (Å²) in [5.74, 6) is -4.30. The number of nitrogens with two attached hydrogens (primary N) is 2. The molecule has 4 amide bonds. The molecule has 3 aromatic rings. The second kappa shape index (κ2) is 14.9. The number of nitrogens with zero attached hydrogens (tertiary/aromatic N) is 2. The van der Waals surface area contributed by atoms with Crippen molar-refractivity contribution in [3.8, 4) is 5.75 Å². The maximum absolute atomic E-state index is 13.5. The summed E-state index contributed by atoms with van der Waals surface area (Å²) >= 11 is 0. The molecule has 3 rings (SSSR count). The number of imidazole rings is 2. The number of phenolic OH excluding ortho intramolecular Hbond substituents is 1. The average Bonchev–Trinajstić information content (AvgIpc) is 3.65. The van der Waals surface area contributed by atoms with Crippen LogP contribution >= 0.6 is 0 Å². The third-order valence-electron chi connectivity index (χ3n) is 6.25. The van der Waals surface area contributed by atoms with E-state index in [9.17, 15) is 34.2 Å². The molecule has 0 radical (unpaired) electrons. The van der Waals surface area contributed by atoms with Crippen LogP contribution in [0.25, 0.3) is 0 Å². The van der Waals surface area contributed by atoms with E-state index in [-0.39, 0.29) is 37.9 Å². The Labute approximate surface area is 239 Å². The molecule has 4 unspecified atom stereocenters. The van der Waals surface area contributed by atoms with Crippen LogP contribution in [0.3, 0.4) is 0 Å². The van der Waals surface area contributed by atoms with E-state index in [1.807, 2.05) is 0 Å². The van der Waals surface area contributed by atoms with Gasteiger partial charge in [-0.15, -0.1) is 0 Å². The Bertz CT molecular complexity index is 1340. The van der Waals surface area contributed by atoms with Gasteiger partial charge in [0.15, 0.2) is 0 Å². The Morgan fingerprint density at radius 1 is 0.786 bits per heavy atom. The summed E-state index contributed by atoms with van der Waals surface area (Å²) in [4.78, 5) is 76.0. The maximum atomic E-state index is 13.5. The monoisotopic (exact) mass is 583 g/mol. The lowest BCUT2D eigenvalue weighted by atomic mass is 10.0. The Balaban J connectivity index is 1.76. The van der Waals surface area contributed by atoms with Crippen LogP contribution in [0, 0.1) is 0 Å². The number of phenols is 1. The number of hydrogen-bond acceptors (Lipinski definition) is 9. The lowest BCUT2D eigenvalue weighted by Gasteiger charge is -2.25. The van der Waals surface area contributed by atoms with E-state index in [1.165, 1.54) is 37.2 Å². The van der Waals surface area contributed by atoms with Gasteiger partial charge < -0.3 is 47.6 Å². The molecule has 4 atom stereocenters. The first-order chi connectivity index (χ1) is 20.0. The molecule has 16 nitrogen and oxygen atoms in total. The lowest BCUT2D eigenvalue weighted by molar-refractivity contribution is -0.142. The SMILES string of the molecule is NC(=O)CCC(NC(=O)C(Cc1cnc[nH]1)NC(=O)C(Cc1cnc[nH]1)NC(=O)C(N)Cc1ccc(O)cc1)C(=O)O. The van der Waals surface area contributed by atoms with Crippen LogP contribution in [0.1, 0.15) is 29.8 Å². The maximum Gasteiger partial charge on any atom is 0.326 e. The number of carbonyl (C=O) groups is 5. The van der Waals surface area contributed by atoms with Crippen LogP contribution in [0.4, 0.5) is 0 Å². The van der Waals surface area contributed by atoms with Gasteiger partial charge in [0.25, 0.3) is 0 Å². The number of primary amides is 1. The quantitative estimate of drug-likeness (QED) is 0.0894. The average molecular weight is 584 g/mol. The van der Waals surface area contributed by atoms with Gasteiger partial charge in [-0.2, -0.15) is 0 Å². The predicted octanol–water partition coefficient (Wildman–Crippen LogP) is -2.00. The fourth-order valence-electron chi connectivity index (χ4n) is 4.00. The van der Waals surface area contributed by atoms with Gasteiger partial charge in [-0.25, -0.2) is 14.8 Å². The molecule has 0 saturated heterocycles. The van der Waals surface area contributed by atoms with Gasteiger partial charge in [0, 0.05) is 43.0 Å². The van der Waals surface area contributed by atoms with E-state index in [0.29, 0.717) is 17.0 Å². The minimum Gasteiger partial charge on any atom is -0.508 e. The highest BCUT2D eigenvalue weighted by Gasteiger charge is 2.31. The third kappa shape index (κ3) is 9.74. The van der Waals surface area contributed by atoms with Gasteiger partial charge in [-0.1, -0.05) is 12.1 Å². The fraction of sp³-hybridized carbons (Fsp3) is 0.346. The molecule has 0 aliphatic carbocycles. The Morgan fingerprint density at radius 2 is 1.29 bits per heavy atom. The van der Waals surface area contributed by atoms with Crippen molar-refractivity contribution in [2.24, 2.45) is 11.5 Å². The van der Waals surface area contributed by atoms with Crippen molar-refractivity contribution >= 4 is 29.6 Å². The van der Waals surface area contributed by atoms with Crippen LogP contribution in [-0.2, 0) is 43.2 Å². The van der Waals surface area contributed by atoms with E-state index in [0.717, 1.165) is 0 Å². The second-order valence-electron chi connectivity index (χ2n) is 9.57. The number of aliphatic carboxylic acids is 1. The zero-order valence-electron chi connectivity index (χ0n) is 22.4. The molecule has 42 heavy (non-hydrogen) atoms. The van der Waals surface area contributed by atoms with Crippen molar-refractivity contribution in [3.63, 3.8) is 0 Å². The number of rotatable bonds is 16. The number of nitrogens with one attached hydrogen (secondary N) is 5. The smallest absolute Gasteiger partial charge is 0.326 e. The van der Waals surface area contributed by atoms with Crippen molar-refractivity contribution in [3.05, 3.63) is 66.3 Å². The Morgan fingerprint density at radius 3 is 1.74 bits per heavy atom. The van der Waals surface area contributed by atoms with Gasteiger partial charge in [0.1, 0.15) is 23.9 Å². The van der Waals surface area contributed by atoms with Crippen LogP contribution in [0.2, 0.25) is 0 Å². The highest BCUT2D eigenvalue weighted by molar-refractivity contribution is 5.94. The van der Waals surface area contributed by atoms with E-state index in [1.54, 1.807) is 12.1 Å². The molecule has 2 aromatic heterocycles. The number of aromatic nitrogens is 4. The first-order valence-electron chi connectivity index (χ1n) is 12.9. The normalized spacial score (nSPS) is 13.7. The van der Waals surface area contributed by atoms with Gasteiger partial charge >= 0.3 is 5.97 Å². The van der Waals surface area contributed by atoms with Gasteiger partial charge in [-0.3, -0.25) is 19.2 Å². The van der Waals surface area contributed by atoms with Crippen LogP contribution in [0.15, 0.2) is 49.3 Å². The minimum absolute atomic E-state index is 0.0295. The first-order valence-corrected chi connectivity index (χ1v) is 12.9. The van der Waals surface area contributed by atoms with Crippen molar-refractivity contribution in [1.29, 1.82) is 0 Å². The van der Waals surface area contributed by atoms with Crippen molar-refractivity contribution in [2.75, 3.05) is 0 Å². The van der Waals surface area contributed by atoms with E-state index >= 15 is 0 Å². The lowest BCUT2D eigenvalue weighted by Crippen LogP contribution is -2.58. The molecule has 0 aliphatic heterocycles. The largest absolute Gasteiger partial charge is 0.508 e. The summed E-state index contributed by atoms with van der Waals surface area (Å²) in [5.41, 5.74) is 12.9. The van der Waals surface area contributed by atoms with Crippen molar-refractivity contribution in [1.82, 2.24) is 35.9 Å². The summed E-state index contributed by atoms with van der Waals surface area (Å²) in [7, 11) is 0. The number of H-pyrrole nitrogens is 2. The molecule has 0 aliphatic rings. The number of hydrogen-bond donors (Lipinski definition) is 9. The number of amides is 4. The molecule has 11 N–H and O–H groups in total. The molecular weight excluding hydrogens is 550 g/mol. The number of aromatic hydroxyl groups is 1. The zero-order valence-corrected chi connectivity index (χ0v) is 22.4. The molecule has 0 fully saturated rings. The molecule has 16 heteroatoms. The third-order valence-corrected chi connectivity index (χ3v) is 6.25. The van der Waals surface area contributed by atoms with E-state index in [2.05, 4.69) is 35.9 Å². The summed E-state index contributed by atoms with van der Waals surface area (Å²) in [6.07, 6.45) is 5.13. The number of benzene rings is 1. The summed E-state index contributed by atoms with van der Waals surface area (Å²) in [6.45, 7) is 0.